The van der Waals surface area contributed by atoms with Crippen LogP contribution in [0.1, 0.15) is 10.5 Å². The average Bonchev–Trinajstić information content (AvgIpc) is 2.96. The number of aromatic nitrogens is 2. The Labute approximate surface area is 156 Å². The number of nitrogens with zero attached hydrogens (tertiary/aromatic N) is 2. The van der Waals surface area contributed by atoms with Crippen molar-refractivity contribution in [1.82, 2.24) is 9.78 Å². The third-order valence-electron chi connectivity index (χ3n) is 3.70. The smallest absolute Gasteiger partial charge is 0.276 e. The van der Waals surface area contributed by atoms with Crippen molar-refractivity contribution in [3.05, 3.63) is 60.3 Å². The highest BCUT2D eigenvalue weighted by Gasteiger charge is 2.14. The highest BCUT2D eigenvalue weighted by molar-refractivity contribution is 7.92. The normalized spacial score (nSPS) is 11.2. The molecule has 1 amide bonds. The van der Waals surface area contributed by atoms with Crippen LogP contribution in [0, 0.1) is 0 Å². The minimum atomic E-state index is -3.41. The van der Waals surface area contributed by atoms with Gasteiger partial charge in [-0.05, 0) is 48.5 Å². The molecule has 3 rings (SSSR count). The molecule has 8 nitrogen and oxygen atoms in total. The monoisotopic (exact) mass is 386 g/mol. The number of nitrogens with one attached hydrogen (secondary N) is 2. The highest BCUT2D eigenvalue weighted by atomic mass is 32.2. The second kappa shape index (κ2) is 7.12. The molecule has 1 aromatic heterocycles. The number of hydrogen-bond acceptors (Lipinski definition) is 5. The summed E-state index contributed by atoms with van der Waals surface area (Å²) in [7, 11) is -1.69. The van der Waals surface area contributed by atoms with Gasteiger partial charge in [0.05, 0.1) is 17.6 Å². The zero-order valence-electron chi connectivity index (χ0n) is 14.7. The van der Waals surface area contributed by atoms with Crippen LogP contribution in [0.4, 0.5) is 11.4 Å². The predicted octanol–water partition coefficient (Wildman–Crippen LogP) is 2.42. The molecule has 0 radical (unpaired) electrons. The number of carbonyl (C=O) groups is 1. The summed E-state index contributed by atoms with van der Waals surface area (Å²) < 4.78 is 26.6. The fraction of sp³-hybridized carbons (Fsp3) is 0.111. The maximum atomic E-state index is 12.5. The number of benzene rings is 2. The molecule has 0 fully saturated rings. The van der Waals surface area contributed by atoms with Gasteiger partial charge in [0.25, 0.3) is 5.91 Å². The Morgan fingerprint density at radius 1 is 1.07 bits per heavy atom. The van der Waals surface area contributed by atoms with E-state index in [4.69, 9.17) is 0 Å². The fourth-order valence-corrected chi connectivity index (χ4v) is 3.11. The summed E-state index contributed by atoms with van der Waals surface area (Å²) in [6.45, 7) is 0. The molecule has 2 aromatic carbocycles. The van der Waals surface area contributed by atoms with Gasteiger partial charge < -0.3 is 10.4 Å². The number of phenols is 1. The fourth-order valence-electron chi connectivity index (χ4n) is 2.55. The summed E-state index contributed by atoms with van der Waals surface area (Å²) in [5.41, 5.74) is 2.52. The minimum Gasteiger partial charge on any atom is -0.508 e. The van der Waals surface area contributed by atoms with E-state index in [1.54, 1.807) is 60.3 Å². The van der Waals surface area contributed by atoms with E-state index in [2.05, 4.69) is 15.1 Å². The first-order chi connectivity index (χ1) is 12.7. The van der Waals surface area contributed by atoms with Gasteiger partial charge in [0.1, 0.15) is 5.75 Å². The van der Waals surface area contributed by atoms with Crippen LogP contribution in [-0.4, -0.2) is 35.5 Å². The molecule has 1 heterocycles. The van der Waals surface area contributed by atoms with Gasteiger partial charge in [0, 0.05) is 18.3 Å². The summed E-state index contributed by atoms with van der Waals surface area (Å²) in [6, 6.07) is 14.6. The van der Waals surface area contributed by atoms with Crippen LogP contribution in [0.2, 0.25) is 0 Å². The van der Waals surface area contributed by atoms with Gasteiger partial charge in [-0.2, -0.15) is 5.10 Å². The van der Waals surface area contributed by atoms with Crippen LogP contribution in [-0.2, 0) is 17.1 Å². The van der Waals surface area contributed by atoms with E-state index in [0.29, 0.717) is 17.1 Å². The van der Waals surface area contributed by atoms with Crippen molar-refractivity contribution in [1.29, 1.82) is 0 Å². The number of rotatable bonds is 5. The summed E-state index contributed by atoms with van der Waals surface area (Å²) in [6.07, 6.45) is 1.05. The van der Waals surface area contributed by atoms with E-state index in [1.807, 2.05) is 0 Å². The van der Waals surface area contributed by atoms with Gasteiger partial charge in [0.15, 0.2) is 5.69 Å². The number of carbonyl (C=O) groups excluding carboxylic acids is 1. The summed E-state index contributed by atoms with van der Waals surface area (Å²) in [5.74, 6) is -0.270. The standard InChI is InChI=1S/C18H18N4O4S/c1-22-17(12-6-8-15(23)9-7-12)11-16(20-22)18(24)19-13-4-3-5-14(10-13)21-27(2,25)26/h3-11,21,23H,1-2H3,(H,19,24). The van der Waals surface area contributed by atoms with Gasteiger partial charge in [0.2, 0.25) is 10.0 Å². The number of phenolic OH excluding ortho intramolecular Hbond substituents is 1. The molecule has 0 spiro atoms. The van der Waals surface area contributed by atoms with Crippen molar-refractivity contribution in [2.24, 2.45) is 7.05 Å². The largest absolute Gasteiger partial charge is 0.508 e. The van der Waals surface area contributed by atoms with Crippen molar-refractivity contribution in [3.63, 3.8) is 0 Å². The van der Waals surface area contributed by atoms with Crippen LogP contribution in [0.3, 0.4) is 0 Å². The number of hydrogen-bond donors (Lipinski definition) is 3. The van der Waals surface area contributed by atoms with E-state index >= 15 is 0 Å². The van der Waals surface area contributed by atoms with Crippen molar-refractivity contribution in [2.45, 2.75) is 0 Å². The van der Waals surface area contributed by atoms with Crippen LogP contribution < -0.4 is 10.0 Å². The third kappa shape index (κ3) is 4.64. The molecule has 0 atom stereocenters. The van der Waals surface area contributed by atoms with Crippen LogP contribution >= 0.6 is 0 Å². The number of aryl methyl sites for hydroxylation is 1. The Morgan fingerprint density at radius 2 is 1.74 bits per heavy atom. The Morgan fingerprint density at radius 3 is 2.41 bits per heavy atom. The first kappa shape index (κ1) is 18.5. The predicted molar refractivity (Wildman–Crippen MR) is 103 cm³/mol. The molecule has 9 heteroatoms. The summed E-state index contributed by atoms with van der Waals surface area (Å²) in [4.78, 5) is 12.5. The van der Waals surface area contributed by atoms with Crippen LogP contribution in [0.5, 0.6) is 5.75 Å². The quantitative estimate of drug-likeness (QED) is 0.623. The van der Waals surface area contributed by atoms with Gasteiger partial charge in [-0.15, -0.1) is 0 Å². The van der Waals surface area contributed by atoms with E-state index < -0.39 is 15.9 Å². The first-order valence-electron chi connectivity index (χ1n) is 7.94. The lowest BCUT2D eigenvalue weighted by Gasteiger charge is -2.07. The molecular formula is C18H18N4O4S. The van der Waals surface area contributed by atoms with Crippen LogP contribution in [0.15, 0.2) is 54.6 Å². The maximum absolute atomic E-state index is 12.5. The second-order valence-electron chi connectivity index (χ2n) is 5.99. The molecule has 140 valence electrons. The molecule has 0 saturated carbocycles. The van der Waals surface area contributed by atoms with E-state index in [9.17, 15) is 18.3 Å². The summed E-state index contributed by atoms with van der Waals surface area (Å²) in [5, 5.41) is 16.3. The Bertz CT molecular complexity index is 1090. The molecular weight excluding hydrogens is 368 g/mol. The summed E-state index contributed by atoms with van der Waals surface area (Å²) >= 11 is 0. The van der Waals surface area contributed by atoms with Gasteiger partial charge in [-0.25, -0.2) is 8.42 Å². The lowest BCUT2D eigenvalue weighted by molar-refractivity contribution is 0.102. The molecule has 3 N–H and O–H groups in total. The Kier molecular flexibility index (Phi) is 4.87. The molecule has 0 bridgehead atoms. The SMILES string of the molecule is Cn1nc(C(=O)Nc2cccc(NS(C)(=O)=O)c2)cc1-c1ccc(O)cc1. The van der Waals surface area contributed by atoms with Crippen LogP contribution in [0.25, 0.3) is 11.3 Å². The Hall–Kier alpha value is -3.33. The molecule has 27 heavy (non-hydrogen) atoms. The molecule has 3 aromatic rings. The van der Waals surface area contributed by atoms with Gasteiger partial charge >= 0.3 is 0 Å². The highest BCUT2D eigenvalue weighted by Crippen LogP contribution is 2.23. The zero-order valence-corrected chi connectivity index (χ0v) is 15.5. The van der Waals surface area contributed by atoms with Crippen molar-refractivity contribution in [2.75, 3.05) is 16.3 Å². The lowest BCUT2D eigenvalue weighted by atomic mass is 10.1. The topological polar surface area (TPSA) is 113 Å². The lowest BCUT2D eigenvalue weighted by Crippen LogP contribution is -2.14. The second-order valence-corrected chi connectivity index (χ2v) is 7.74. The van der Waals surface area contributed by atoms with E-state index in [-0.39, 0.29) is 11.4 Å². The maximum Gasteiger partial charge on any atom is 0.276 e. The average molecular weight is 386 g/mol. The number of sulfonamides is 1. The number of anilines is 2. The van der Waals surface area contributed by atoms with Gasteiger partial charge in [-0.3, -0.25) is 14.2 Å². The number of aromatic hydroxyl groups is 1. The van der Waals surface area contributed by atoms with E-state index in [0.717, 1.165) is 11.8 Å². The molecule has 0 aliphatic carbocycles. The molecule has 0 unspecified atom stereocenters. The zero-order chi connectivity index (χ0) is 19.6. The number of amides is 1. The third-order valence-corrected chi connectivity index (χ3v) is 4.31. The van der Waals surface area contributed by atoms with E-state index in [1.165, 1.54) is 6.07 Å². The minimum absolute atomic E-state index is 0.154. The van der Waals surface area contributed by atoms with Crippen molar-refractivity contribution in [3.8, 4) is 17.0 Å². The first-order valence-corrected chi connectivity index (χ1v) is 9.83. The molecule has 0 aliphatic rings. The van der Waals surface area contributed by atoms with Crippen molar-refractivity contribution >= 4 is 27.3 Å². The molecule has 0 aliphatic heterocycles. The molecule has 0 saturated heterocycles. The van der Waals surface area contributed by atoms with Gasteiger partial charge in [-0.1, -0.05) is 6.07 Å². The van der Waals surface area contributed by atoms with Crippen molar-refractivity contribution < 1.29 is 18.3 Å². The Balaban J connectivity index is 1.80.